The number of anilines is 1. The van der Waals surface area contributed by atoms with Gasteiger partial charge in [0.1, 0.15) is 0 Å². The summed E-state index contributed by atoms with van der Waals surface area (Å²) in [5, 5.41) is 4.11. The van der Waals surface area contributed by atoms with E-state index >= 15 is 0 Å². The molecule has 5 nitrogen and oxygen atoms in total. The van der Waals surface area contributed by atoms with Crippen LogP contribution in [0.15, 0.2) is 0 Å². The zero-order valence-corrected chi connectivity index (χ0v) is 13.3. The Morgan fingerprint density at radius 2 is 2.25 bits per heavy atom. The summed E-state index contributed by atoms with van der Waals surface area (Å²) in [5.41, 5.74) is 0.439. The molecule has 1 saturated carbocycles. The molecule has 0 atom stereocenters. The topological polar surface area (TPSA) is 54.5 Å². The fraction of sp³-hybridized carbons (Fsp3) is 0.714. The van der Waals surface area contributed by atoms with Gasteiger partial charge in [-0.2, -0.15) is 0 Å². The van der Waals surface area contributed by atoms with Crippen LogP contribution < -0.4 is 5.32 Å². The number of ether oxygens (including phenoxy) is 1. The van der Waals surface area contributed by atoms with Gasteiger partial charge in [0.05, 0.1) is 6.61 Å². The van der Waals surface area contributed by atoms with Crippen LogP contribution in [0.1, 0.15) is 42.1 Å². The van der Waals surface area contributed by atoms with Gasteiger partial charge in [-0.05, 0) is 33.2 Å². The summed E-state index contributed by atoms with van der Waals surface area (Å²) in [7, 11) is 0. The third-order valence-electron chi connectivity index (χ3n) is 3.41. The van der Waals surface area contributed by atoms with Crippen molar-refractivity contribution in [2.75, 3.05) is 31.6 Å². The number of nitrogens with one attached hydrogen (secondary N) is 1. The van der Waals surface area contributed by atoms with E-state index < -0.39 is 0 Å². The standard InChI is InChI=1S/C14H23N3O2S/c1-4-17(11-6-7-11)9-8-15-14-16-12(10(3)20-14)13(18)19-5-2/h11H,4-9H2,1-3H3,(H,15,16). The average molecular weight is 297 g/mol. The third kappa shape index (κ3) is 3.93. The number of hydrogen-bond acceptors (Lipinski definition) is 6. The van der Waals surface area contributed by atoms with E-state index in [0.29, 0.717) is 12.3 Å². The first-order chi connectivity index (χ1) is 9.65. The van der Waals surface area contributed by atoms with Crippen molar-refractivity contribution in [2.24, 2.45) is 0 Å². The Balaban J connectivity index is 1.83. The minimum Gasteiger partial charge on any atom is -0.461 e. The van der Waals surface area contributed by atoms with Crippen LogP contribution in [0.4, 0.5) is 5.13 Å². The smallest absolute Gasteiger partial charge is 0.358 e. The molecule has 0 radical (unpaired) electrons. The lowest BCUT2D eigenvalue weighted by Gasteiger charge is -2.19. The van der Waals surface area contributed by atoms with Crippen molar-refractivity contribution in [2.45, 2.75) is 39.7 Å². The van der Waals surface area contributed by atoms with Gasteiger partial charge in [-0.25, -0.2) is 9.78 Å². The van der Waals surface area contributed by atoms with Crippen molar-refractivity contribution < 1.29 is 9.53 Å². The molecule has 1 aliphatic rings. The molecule has 6 heteroatoms. The van der Waals surface area contributed by atoms with Gasteiger partial charge >= 0.3 is 5.97 Å². The number of aromatic nitrogens is 1. The summed E-state index contributed by atoms with van der Waals surface area (Å²) in [6.45, 7) is 9.26. The molecule has 1 aliphatic carbocycles. The average Bonchev–Trinajstić information content (AvgIpc) is 3.19. The van der Waals surface area contributed by atoms with Crippen molar-refractivity contribution in [3.8, 4) is 0 Å². The highest BCUT2D eigenvalue weighted by atomic mass is 32.1. The van der Waals surface area contributed by atoms with Gasteiger partial charge in [0.15, 0.2) is 10.8 Å². The van der Waals surface area contributed by atoms with Crippen molar-refractivity contribution in [1.29, 1.82) is 0 Å². The molecule has 1 heterocycles. The number of rotatable bonds is 8. The van der Waals surface area contributed by atoms with Crippen LogP contribution in [-0.2, 0) is 4.74 Å². The summed E-state index contributed by atoms with van der Waals surface area (Å²) in [4.78, 5) is 19.4. The van der Waals surface area contributed by atoms with E-state index in [4.69, 9.17) is 4.74 Å². The Bertz CT molecular complexity index is 457. The minimum absolute atomic E-state index is 0.331. The van der Waals surface area contributed by atoms with Crippen LogP contribution >= 0.6 is 11.3 Å². The fourth-order valence-electron chi connectivity index (χ4n) is 2.21. The van der Waals surface area contributed by atoms with Crippen molar-refractivity contribution in [3.63, 3.8) is 0 Å². The molecule has 1 fully saturated rings. The molecule has 0 aromatic carbocycles. The number of likely N-dealkylation sites (N-methyl/N-ethyl adjacent to an activating group) is 1. The molecule has 0 amide bonds. The van der Waals surface area contributed by atoms with Gasteiger partial charge < -0.3 is 10.1 Å². The van der Waals surface area contributed by atoms with E-state index in [1.807, 2.05) is 6.92 Å². The lowest BCUT2D eigenvalue weighted by molar-refractivity contribution is 0.0519. The maximum absolute atomic E-state index is 11.7. The Morgan fingerprint density at radius 3 is 2.85 bits per heavy atom. The highest BCUT2D eigenvalue weighted by Crippen LogP contribution is 2.26. The van der Waals surface area contributed by atoms with Gasteiger partial charge in [-0.1, -0.05) is 6.92 Å². The molecular formula is C14H23N3O2S. The molecule has 0 aliphatic heterocycles. The molecule has 1 N–H and O–H groups in total. The van der Waals surface area contributed by atoms with Gasteiger partial charge in [0.2, 0.25) is 0 Å². The molecule has 112 valence electrons. The number of esters is 1. The van der Waals surface area contributed by atoms with Crippen molar-refractivity contribution in [1.82, 2.24) is 9.88 Å². The Kier molecular flexibility index (Phi) is 5.37. The SMILES string of the molecule is CCOC(=O)c1nc(NCCN(CC)C2CC2)sc1C. The van der Waals surface area contributed by atoms with E-state index in [-0.39, 0.29) is 5.97 Å². The van der Waals surface area contributed by atoms with Crippen LogP contribution in [0, 0.1) is 6.92 Å². The van der Waals surface area contributed by atoms with Gasteiger partial charge in [0, 0.05) is 24.0 Å². The van der Waals surface area contributed by atoms with E-state index in [9.17, 15) is 4.79 Å². The molecular weight excluding hydrogens is 274 g/mol. The summed E-state index contributed by atoms with van der Waals surface area (Å²) in [6.07, 6.45) is 2.66. The first-order valence-electron chi connectivity index (χ1n) is 7.28. The normalized spacial score (nSPS) is 14.6. The first-order valence-corrected chi connectivity index (χ1v) is 8.09. The number of aryl methyl sites for hydroxylation is 1. The van der Waals surface area contributed by atoms with Crippen LogP contribution in [-0.4, -0.2) is 48.1 Å². The second-order valence-electron chi connectivity index (χ2n) is 4.93. The molecule has 0 unspecified atom stereocenters. The summed E-state index contributed by atoms with van der Waals surface area (Å²) in [6, 6.07) is 0.787. The number of carbonyl (C=O) groups is 1. The molecule has 20 heavy (non-hydrogen) atoms. The maximum Gasteiger partial charge on any atom is 0.358 e. The summed E-state index contributed by atoms with van der Waals surface area (Å²) in [5.74, 6) is -0.331. The molecule has 1 aromatic heterocycles. The molecule has 0 saturated heterocycles. The Morgan fingerprint density at radius 1 is 1.50 bits per heavy atom. The minimum atomic E-state index is -0.331. The van der Waals surface area contributed by atoms with Gasteiger partial charge in [0.25, 0.3) is 0 Å². The predicted molar refractivity (Wildman–Crippen MR) is 81.6 cm³/mol. The number of carbonyl (C=O) groups excluding carboxylic acids is 1. The quantitative estimate of drug-likeness (QED) is 0.747. The van der Waals surface area contributed by atoms with Crippen LogP contribution in [0.2, 0.25) is 0 Å². The predicted octanol–water partition coefficient (Wildman–Crippen LogP) is 2.52. The highest BCUT2D eigenvalue weighted by Gasteiger charge is 2.27. The fourth-order valence-corrected chi connectivity index (χ4v) is 3.03. The monoisotopic (exact) mass is 297 g/mol. The molecule has 2 rings (SSSR count). The number of hydrogen-bond donors (Lipinski definition) is 1. The first kappa shape index (κ1) is 15.3. The van der Waals surface area contributed by atoms with E-state index in [2.05, 4.69) is 22.1 Å². The molecule has 0 bridgehead atoms. The van der Waals surface area contributed by atoms with Crippen LogP contribution in [0.5, 0.6) is 0 Å². The Hall–Kier alpha value is -1.14. The van der Waals surface area contributed by atoms with E-state index in [1.165, 1.54) is 24.2 Å². The second-order valence-corrected chi connectivity index (χ2v) is 6.13. The van der Waals surface area contributed by atoms with Crippen LogP contribution in [0.3, 0.4) is 0 Å². The van der Waals surface area contributed by atoms with E-state index in [0.717, 1.165) is 35.7 Å². The number of thiazole rings is 1. The lowest BCUT2D eigenvalue weighted by atomic mass is 10.4. The summed E-state index contributed by atoms with van der Waals surface area (Å²) < 4.78 is 4.99. The second kappa shape index (κ2) is 7.04. The zero-order chi connectivity index (χ0) is 14.5. The summed E-state index contributed by atoms with van der Waals surface area (Å²) >= 11 is 1.51. The van der Waals surface area contributed by atoms with Crippen LogP contribution in [0.25, 0.3) is 0 Å². The van der Waals surface area contributed by atoms with Gasteiger partial charge in [-0.3, -0.25) is 4.90 Å². The molecule has 0 spiro atoms. The van der Waals surface area contributed by atoms with Gasteiger partial charge in [-0.15, -0.1) is 11.3 Å². The lowest BCUT2D eigenvalue weighted by Crippen LogP contribution is -2.30. The van der Waals surface area contributed by atoms with Crippen molar-refractivity contribution >= 4 is 22.4 Å². The Labute approximate surface area is 124 Å². The largest absolute Gasteiger partial charge is 0.461 e. The van der Waals surface area contributed by atoms with Crippen molar-refractivity contribution in [3.05, 3.63) is 10.6 Å². The zero-order valence-electron chi connectivity index (χ0n) is 12.4. The van der Waals surface area contributed by atoms with E-state index in [1.54, 1.807) is 6.92 Å². The molecule has 1 aromatic rings. The number of nitrogens with zero attached hydrogens (tertiary/aromatic N) is 2. The highest BCUT2D eigenvalue weighted by molar-refractivity contribution is 7.15. The maximum atomic E-state index is 11.7. The third-order valence-corrected chi connectivity index (χ3v) is 4.34.